The van der Waals surface area contributed by atoms with Gasteiger partial charge in [0.1, 0.15) is 6.61 Å². The smallest absolute Gasteiger partial charge is 0.416 e. The molecule has 0 aromatic heterocycles. The van der Waals surface area contributed by atoms with Crippen molar-refractivity contribution in [1.29, 1.82) is 0 Å². The molecule has 1 aromatic carbocycles. The number of ether oxygens (including phenoxy) is 1. The van der Waals surface area contributed by atoms with Crippen molar-refractivity contribution in [2.45, 2.75) is 90.3 Å². The SMILES string of the molecule is CC[C@@H](O[Si](C)(C)C(C)(C)C)[C@H](C)[C@H](O)CC(=O)N1C(=O)OC[C@H]1Cc1ccccc1. The predicted molar refractivity (Wildman–Crippen MR) is 124 cm³/mol. The van der Waals surface area contributed by atoms with Gasteiger partial charge < -0.3 is 14.3 Å². The summed E-state index contributed by atoms with van der Waals surface area (Å²) in [6.07, 6.45) is -0.506. The number of imide groups is 1. The summed E-state index contributed by atoms with van der Waals surface area (Å²) in [6, 6.07) is 9.36. The van der Waals surface area contributed by atoms with Crippen LogP contribution in [0.2, 0.25) is 18.1 Å². The Kier molecular flexibility index (Phi) is 8.47. The van der Waals surface area contributed by atoms with Crippen LogP contribution in [0.15, 0.2) is 30.3 Å². The molecule has 1 aliphatic rings. The Morgan fingerprint density at radius 2 is 1.90 bits per heavy atom. The van der Waals surface area contributed by atoms with Crippen LogP contribution < -0.4 is 0 Å². The van der Waals surface area contributed by atoms with E-state index in [-0.39, 0.29) is 36.1 Å². The molecule has 174 valence electrons. The lowest BCUT2D eigenvalue weighted by atomic mass is 9.93. The van der Waals surface area contributed by atoms with Crippen molar-refractivity contribution >= 4 is 20.3 Å². The summed E-state index contributed by atoms with van der Waals surface area (Å²) >= 11 is 0. The fourth-order valence-electron chi connectivity index (χ4n) is 3.63. The van der Waals surface area contributed by atoms with Gasteiger partial charge in [0, 0.05) is 12.0 Å². The zero-order chi connectivity index (χ0) is 23.4. The topological polar surface area (TPSA) is 76.1 Å². The van der Waals surface area contributed by atoms with Crippen molar-refractivity contribution in [2.75, 3.05) is 6.61 Å². The van der Waals surface area contributed by atoms with Crippen LogP contribution in [0.1, 0.15) is 53.0 Å². The van der Waals surface area contributed by atoms with Gasteiger partial charge in [-0.15, -0.1) is 0 Å². The highest BCUT2D eigenvalue weighted by molar-refractivity contribution is 6.74. The first-order valence-corrected chi connectivity index (χ1v) is 14.2. The molecule has 7 heteroatoms. The minimum atomic E-state index is -2.01. The van der Waals surface area contributed by atoms with Crippen LogP contribution in [-0.4, -0.2) is 55.2 Å². The number of carbonyl (C=O) groups excluding carboxylic acids is 2. The van der Waals surface area contributed by atoms with Crippen LogP contribution in [0.3, 0.4) is 0 Å². The number of rotatable bonds is 9. The quantitative estimate of drug-likeness (QED) is 0.550. The van der Waals surface area contributed by atoms with Gasteiger partial charge >= 0.3 is 6.09 Å². The van der Waals surface area contributed by atoms with E-state index in [9.17, 15) is 14.7 Å². The van der Waals surface area contributed by atoms with Crippen molar-refractivity contribution in [3.8, 4) is 0 Å². The maximum absolute atomic E-state index is 13.0. The Hall–Kier alpha value is -1.70. The van der Waals surface area contributed by atoms with Gasteiger partial charge in [0.15, 0.2) is 8.32 Å². The Balaban J connectivity index is 2.04. The summed E-state index contributed by atoms with van der Waals surface area (Å²) in [5.41, 5.74) is 1.03. The van der Waals surface area contributed by atoms with Gasteiger partial charge in [-0.25, -0.2) is 9.69 Å². The summed E-state index contributed by atoms with van der Waals surface area (Å²) in [5.74, 6) is -0.626. The molecule has 1 saturated heterocycles. The summed E-state index contributed by atoms with van der Waals surface area (Å²) in [7, 11) is -2.01. The average Bonchev–Trinajstić information content (AvgIpc) is 3.05. The van der Waals surface area contributed by atoms with Gasteiger partial charge in [-0.3, -0.25) is 4.79 Å². The second kappa shape index (κ2) is 10.3. The lowest BCUT2D eigenvalue weighted by Crippen LogP contribution is -2.48. The van der Waals surface area contributed by atoms with E-state index in [1.807, 2.05) is 44.2 Å². The molecule has 6 nitrogen and oxygen atoms in total. The van der Waals surface area contributed by atoms with E-state index in [1.54, 1.807) is 0 Å². The Bertz CT molecular complexity index is 746. The predicted octanol–water partition coefficient (Wildman–Crippen LogP) is 4.76. The highest BCUT2D eigenvalue weighted by Crippen LogP contribution is 2.39. The lowest BCUT2D eigenvalue weighted by Gasteiger charge is -2.41. The van der Waals surface area contributed by atoms with Gasteiger partial charge in [0.25, 0.3) is 0 Å². The third-order valence-electron chi connectivity index (χ3n) is 6.78. The third kappa shape index (κ3) is 6.40. The molecule has 0 spiro atoms. The van der Waals surface area contributed by atoms with E-state index in [1.165, 1.54) is 4.90 Å². The Labute approximate surface area is 188 Å². The summed E-state index contributed by atoms with van der Waals surface area (Å²) in [4.78, 5) is 26.4. The minimum Gasteiger partial charge on any atom is -0.447 e. The molecule has 4 atom stereocenters. The zero-order valence-corrected chi connectivity index (χ0v) is 21.1. The van der Waals surface area contributed by atoms with Gasteiger partial charge in [0.05, 0.1) is 18.6 Å². The average molecular weight is 450 g/mol. The van der Waals surface area contributed by atoms with Crippen molar-refractivity contribution < 1.29 is 23.9 Å². The molecular weight excluding hydrogens is 410 g/mol. The van der Waals surface area contributed by atoms with Gasteiger partial charge in [-0.2, -0.15) is 0 Å². The number of cyclic esters (lactones) is 1. The number of hydrogen-bond acceptors (Lipinski definition) is 5. The Morgan fingerprint density at radius 1 is 1.29 bits per heavy atom. The molecule has 0 aliphatic carbocycles. The van der Waals surface area contributed by atoms with E-state index in [4.69, 9.17) is 9.16 Å². The van der Waals surface area contributed by atoms with E-state index < -0.39 is 26.4 Å². The first kappa shape index (κ1) is 25.6. The summed E-state index contributed by atoms with van der Waals surface area (Å²) in [5, 5.41) is 10.9. The zero-order valence-electron chi connectivity index (χ0n) is 20.1. The molecule has 0 saturated carbocycles. The monoisotopic (exact) mass is 449 g/mol. The van der Waals surface area contributed by atoms with E-state index >= 15 is 0 Å². The van der Waals surface area contributed by atoms with Crippen LogP contribution in [0.4, 0.5) is 4.79 Å². The van der Waals surface area contributed by atoms with Crippen molar-refractivity contribution in [3.63, 3.8) is 0 Å². The maximum Gasteiger partial charge on any atom is 0.416 e. The fraction of sp³-hybridized carbons (Fsp3) is 0.667. The normalized spacial score (nSPS) is 20.3. The number of aliphatic hydroxyl groups excluding tert-OH is 1. The number of amides is 2. The van der Waals surface area contributed by atoms with Gasteiger partial charge in [0.2, 0.25) is 5.91 Å². The summed E-state index contributed by atoms with van der Waals surface area (Å²) < 4.78 is 11.7. The first-order chi connectivity index (χ1) is 14.4. The van der Waals surface area contributed by atoms with Gasteiger partial charge in [-0.05, 0) is 36.5 Å². The second-order valence-electron chi connectivity index (χ2n) is 10.1. The van der Waals surface area contributed by atoms with Crippen molar-refractivity contribution in [2.24, 2.45) is 5.92 Å². The first-order valence-electron chi connectivity index (χ1n) is 11.3. The second-order valence-corrected chi connectivity index (χ2v) is 14.9. The molecule has 0 unspecified atom stereocenters. The summed E-state index contributed by atoms with van der Waals surface area (Å²) in [6.45, 7) is 15.1. The third-order valence-corrected chi connectivity index (χ3v) is 11.3. The number of aliphatic hydroxyl groups is 1. The van der Waals surface area contributed by atoms with Gasteiger partial charge in [-0.1, -0.05) is 65.0 Å². The molecule has 1 N–H and O–H groups in total. The van der Waals surface area contributed by atoms with Crippen LogP contribution in [0.25, 0.3) is 0 Å². The molecule has 1 aromatic rings. The maximum atomic E-state index is 13.0. The van der Waals surface area contributed by atoms with Crippen LogP contribution in [0, 0.1) is 5.92 Å². The Morgan fingerprint density at radius 3 is 2.45 bits per heavy atom. The molecule has 31 heavy (non-hydrogen) atoms. The highest BCUT2D eigenvalue weighted by Gasteiger charge is 2.42. The van der Waals surface area contributed by atoms with E-state index in [0.29, 0.717) is 6.42 Å². The number of benzene rings is 1. The molecule has 1 fully saturated rings. The molecule has 2 amide bonds. The fourth-order valence-corrected chi connectivity index (χ4v) is 5.12. The molecular formula is C24H39NO5Si. The molecule has 1 heterocycles. The van der Waals surface area contributed by atoms with Crippen molar-refractivity contribution in [3.05, 3.63) is 35.9 Å². The van der Waals surface area contributed by atoms with Crippen molar-refractivity contribution in [1.82, 2.24) is 4.90 Å². The van der Waals surface area contributed by atoms with Crippen LogP contribution in [0.5, 0.6) is 0 Å². The molecule has 0 radical (unpaired) electrons. The lowest BCUT2D eigenvalue weighted by molar-refractivity contribution is -0.132. The van der Waals surface area contributed by atoms with E-state index in [2.05, 4.69) is 33.9 Å². The molecule has 2 rings (SSSR count). The standard InChI is InChI=1S/C24H39NO5Si/c1-8-21(30-31(6,7)24(3,4)5)17(2)20(26)15-22(27)25-19(16-29-23(25)28)14-18-12-10-9-11-13-18/h9-13,17,19-21,26H,8,14-16H2,1-7H3/t17-,19-,20-,21-/m1/s1. The van der Waals surface area contributed by atoms with Crippen LogP contribution >= 0.6 is 0 Å². The highest BCUT2D eigenvalue weighted by atomic mass is 28.4. The molecule has 0 bridgehead atoms. The number of carbonyl (C=O) groups is 2. The molecule has 1 aliphatic heterocycles. The number of nitrogens with zero attached hydrogens (tertiary/aromatic N) is 1. The largest absolute Gasteiger partial charge is 0.447 e. The number of hydrogen-bond donors (Lipinski definition) is 1. The van der Waals surface area contributed by atoms with Crippen LogP contribution in [-0.2, 0) is 20.4 Å². The minimum absolute atomic E-state index is 0.0604. The van der Waals surface area contributed by atoms with E-state index in [0.717, 1.165) is 12.0 Å².